The number of nitrogens with zero attached hydrogens (tertiary/aromatic N) is 1. The number of hydrogen-bond acceptors (Lipinski definition) is 2. The summed E-state index contributed by atoms with van der Waals surface area (Å²) in [5.74, 6) is 0.0404. The van der Waals surface area contributed by atoms with Crippen LogP contribution in [0.2, 0.25) is 0 Å². The topological polar surface area (TPSA) is 58.2 Å². The van der Waals surface area contributed by atoms with Gasteiger partial charge in [0.15, 0.2) is 13.2 Å². The van der Waals surface area contributed by atoms with E-state index >= 15 is 0 Å². The van der Waals surface area contributed by atoms with Gasteiger partial charge < -0.3 is 15.1 Å². The smallest absolute Gasteiger partial charge is 0.275 e. The fraction of sp³-hybridized carbons (Fsp3) is 0.846. The number of carbonyl (C=O) groups excluding carboxylic acids is 2. The number of rotatable bonds is 7. The van der Waals surface area contributed by atoms with Crippen molar-refractivity contribution in [2.75, 3.05) is 33.9 Å². The summed E-state index contributed by atoms with van der Waals surface area (Å²) in [6.45, 7) is 9.18. The molecule has 0 aliphatic heterocycles. The van der Waals surface area contributed by atoms with E-state index in [0.29, 0.717) is 24.2 Å². The number of likely N-dealkylation sites (N-methyl/N-ethyl adjacent to an activating group) is 2. The van der Waals surface area contributed by atoms with Crippen molar-refractivity contribution in [3.8, 4) is 0 Å². The summed E-state index contributed by atoms with van der Waals surface area (Å²) in [7, 11) is 3.85. The molecule has 0 aliphatic carbocycles. The number of hydrogen-bond donors (Lipinski definition) is 2. The van der Waals surface area contributed by atoms with Crippen molar-refractivity contribution >= 4 is 11.8 Å². The highest BCUT2D eigenvalue weighted by Gasteiger charge is 2.27. The van der Waals surface area contributed by atoms with Crippen LogP contribution in [0.5, 0.6) is 0 Å². The first-order valence-corrected chi connectivity index (χ1v) is 6.51. The molecule has 0 aromatic rings. The first-order chi connectivity index (χ1) is 8.14. The third-order valence-corrected chi connectivity index (χ3v) is 3.11. The van der Waals surface area contributed by atoms with Crippen LogP contribution in [-0.4, -0.2) is 50.2 Å². The van der Waals surface area contributed by atoms with Crippen molar-refractivity contribution < 1.29 is 14.1 Å². The van der Waals surface area contributed by atoms with Gasteiger partial charge in [-0.15, -0.1) is 0 Å². The quantitative estimate of drug-likeness (QED) is 0.522. The summed E-state index contributed by atoms with van der Waals surface area (Å²) < 4.78 is 0.442. The van der Waals surface area contributed by atoms with Crippen LogP contribution in [0.1, 0.15) is 34.1 Å². The van der Waals surface area contributed by atoms with Crippen LogP contribution in [0.25, 0.3) is 0 Å². The average molecular weight is 258 g/mol. The lowest BCUT2D eigenvalue weighted by molar-refractivity contribution is -0.884. The Kier molecular flexibility index (Phi) is 6.32. The molecule has 0 atom stereocenters. The Morgan fingerprint density at radius 1 is 1.11 bits per heavy atom. The second-order valence-corrected chi connectivity index (χ2v) is 5.95. The molecule has 18 heavy (non-hydrogen) atoms. The van der Waals surface area contributed by atoms with Crippen molar-refractivity contribution in [1.29, 1.82) is 0 Å². The van der Waals surface area contributed by atoms with Crippen molar-refractivity contribution in [2.24, 2.45) is 5.41 Å². The molecule has 5 heteroatoms. The Balaban J connectivity index is 4.26. The zero-order valence-corrected chi connectivity index (χ0v) is 12.6. The van der Waals surface area contributed by atoms with Crippen LogP contribution in [0.3, 0.4) is 0 Å². The average Bonchev–Trinajstić information content (AvgIpc) is 2.25. The second kappa shape index (κ2) is 6.73. The van der Waals surface area contributed by atoms with E-state index in [4.69, 9.17) is 0 Å². The maximum absolute atomic E-state index is 11.9. The van der Waals surface area contributed by atoms with Crippen LogP contribution in [-0.2, 0) is 9.59 Å². The normalized spacial score (nSPS) is 12.1. The van der Waals surface area contributed by atoms with Crippen molar-refractivity contribution in [3.05, 3.63) is 0 Å². The molecule has 106 valence electrons. The Morgan fingerprint density at radius 2 is 1.67 bits per heavy atom. The third-order valence-electron chi connectivity index (χ3n) is 3.11. The minimum atomic E-state index is -0.355. The largest absolute Gasteiger partial charge is 0.351 e. The van der Waals surface area contributed by atoms with E-state index in [9.17, 15) is 9.59 Å². The fourth-order valence-corrected chi connectivity index (χ4v) is 1.38. The summed E-state index contributed by atoms with van der Waals surface area (Å²) in [6, 6.07) is 0. The van der Waals surface area contributed by atoms with Gasteiger partial charge in [0, 0.05) is 12.0 Å². The van der Waals surface area contributed by atoms with Gasteiger partial charge in [-0.1, -0.05) is 20.8 Å². The number of quaternary nitrogens is 1. The molecule has 5 nitrogen and oxygen atoms in total. The summed E-state index contributed by atoms with van der Waals surface area (Å²) in [4.78, 5) is 23.4. The first kappa shape index (κ1) is 16.9. The minimum Gasteiger partial charge on any atom is -0.351 e. The highest BCUT2D eigenvalue weighted by atomic mass is 16.2. The van der Waals surface area contributed by atoms with E-state index in [0.717, 1.165) is 6.42 Å². The Labute approximate surface area is 111 Å². The zero-order valence-electron chi connectivity index (χ0n) is 12.6. The van der Waals surface area contributed by atoms with E-state index in [1.54, 1.807) is 0 Å². The standard InChI is InChI=1S/C13H27N3O2/c1-7-13(3,4)12(18)15-10-16(5,6)9-11(17)14-8-2/h7-10H2,1-6H3,(H-,14,15,17,18)/p+1. The predicted molar refractivity (Wildman–Crippen MR) is 72.7 cm³/mol. The van der Waals surface area contributed by atoms with Gasteiger partial charge in [-0.05, 0) is 13.3 Å². The Hall–Kier alpha value is -1.10. The summed E-state index contributed by atoms with van der Waals surface area (Å²) in [5.41, 5.74) is -0.355. The number of nitrogens with one attached hydrogen (secondary N) is 2. The molecular weight excluding hydrogens is 230 g/mol. The minimum absolute atomic E-state index is 0.00602. The van der Waals surface area contributed by atoms with Gasteiger partial charge in [0.25, 0.3) is 5.91 Å². The molecule has 0 aromatic carbocycles. The van der Waals surface area contributed by atoms with E-state index < -0.39 is 0 Å². The number of amides is 2. The maximum atomic E-state index is 11.9. The molecule has 0 saturated heterocycles. The van der Waals surface area contributed by atoms with Gasteiger partial charge >= 0.3 is 0 Å². The summed E-state index contributed by atoms with van der Waals surface area (Å²) in [6.07, 6.45) is 0.794. The molecule has 2 amide bonds. The maximum Gasteiger partial charge on any atom is 0.275 e. The lowest BCUT2D eigenvalue weighted by atomic mass is 9.89. The molecule has 0 spiro atoms. The highest BCUT2D eigenvalue weighted by molar-refractivity contribution is 5.81. The molecule has 2 N–H and O–H groups in total. The van der Waals surface area contributed by atoms with Crippen molar-refractivity contribution in [1.82, 2.24) is 10.6 Å². The molecular formula is C13H28N3O2+. The van der Waals surface area contributed by atoms with Crippen LogP contribution in [0.4, 0.5) is 0 Å². The third kappa shape index (κ3) is 6.00. The Bertz CT molecular complexity index is 299. The van der Waals surface area contributed by atoms with Crippen LogP contribution >= 0.6 is 0 Å². The monoisotopic (exact) mass is 258 g/mol. The van der Waals surface area contributed by atoms with Crippen molar-refractivity contribution in [2.45, 2.75) is 34.1 Å². The zero-order chi connectivity index (χ0) is 14.4. The van der Waals surface area contributed by atoms with Gasteiger partial charge in [-0.3, -0.25) is 9.59 Å². The Morgan fingerprint density at radius 3 is 2.11 bits per heavy atom. The number of carbonyl (C=O) groups is 2. The van der Waals surface area contributed by atoms with E-state index in [2.05, 4.69) is 10.6 Å². The van der Waals surface area contributed by atoms with Crippen LogP contribution in [0, 0.1) is 5.41 Å². The van der Waals surface area contributed by atoms with Gasteiger partial charge in [-0.2, -0.15) is 0 Å². The molecule has 0 unspecified atom stereocenters. The fourth-order valence-electron chi connectivity index (χ4n) is 1.38. The molecule has 0 heterocycles. The second-order valence-electron chi connectivity index (χ2n) is 5.95. The first-order valence-electron chi connectivity index (χ1n) is 6.51. The predicted octanol–water partition coefficient (Wildman–Crippen LogP) is 0.709. The summed E-state index contributed by atoms with van der Waals surface area (Å²) >= 11 is 0. The van der Waals surface area contributed by atoms with Gasteiger partial charge in [0.1, 0.15) is 0 Å². The van der Waals surface area contributed by atoms with E-state index in [1.165, 1.54) is 0 Å². The van der Waals surface area contributed by atoms with Gasteiger partial charge in [-0.25, -0.2) is 0 Å². The van der Waals surface area contributed by atoms with Crippen LogP contribution in [0.15, 0.2) is 0 Å². The molecule has 0 saturated carbocycles. The van der Waals surface area contributed by atoms with E-state index in [-0.39, 0.29) is 17.2 Å². The molecule has 0 aliphatic rings. The van der Waals surface area contributed by atoms with E-state index in [1.807, 2.05) is 41.8 Å². The van der Waals surface area contributed by atoms with Crippen molar-refractivity contribution in [3.63, 3.8) is 0 Å². The van der Waals surface area contributed by atoms with Gasteiger partial charge in [0.2, 0.25) is 5.91 Å². The molecule has 0 rings (SSSR count). The highest BCUT2D eigenvalue weighted by Crippen LogP contribution is 2.19. The van der Waals surface area contributed by atoms with Crippen LogP contribution < -0.4 is 10.6 Å². The molecule has 0 bridgehead atoms. The van der Waals surface area contributed by atoms with Gasteiger partial charge in [0.05, 0.1) is 14.1 Å². The molecule has 0 fully saturated rings. The SMILES string of the molecule is CCNC(=O)C[N+](C)(C)CNC(=O)C(C)(C)CC. The molecule has 0 radical (unpaired) electrons. The summed E-state index contributed by atoms with van der Waals surface area (Å²) in [5, 5.41) is 5.68. The molecule has 0 aromatic heterocycles. The lowest BCUT2D eigenvalue weighted by Gasteiger charge is -2.31. The lowest BCUT2D eigenvalue weighted by Crippen LogP contribution is -2.54.